The van der Waals surface area contributed by atoms with E-state index in [2.05, 4.69) is 0 Å². The fourth-order valence-electron chi connectivity index (χ4n) is 1.58. The van der Waals surface area contributed by atoms with Gasteiger partial charge in [-0.2, -0.15) is 0 Å². The molecule has 0 saturated carbocycles. The Labute approximate surface area is 85.4 Å². The topological polar surface area (TPSA) is 83.6 Å². The number of nitro groups is 1. The molecule has 0 unspecified atom stereocenters. The highest BCUT2D eigenvalue weighted by molar-refractivity contribution is 5.61. The van der Waals surface area contributed by atoms with Crippen molar-refractivity contribution in [2.45, 2.75) is 12.2 Å². The lowest BCUT2D eigenvalue weighted by atomic mass is 9.93. The molecule has 15 heavy (non-hydrogen) atoms. The number of nitro benzene ring substituents is 1. The van der Waals surface area contributed by atoms with Crippen LogP contribution in [0.1, 0.15) is 17.2 Å². The van der Waals surface area contributed by atoms with Crippen LogP contribution in [0.25, 0.3) is 6.08 Å². The van der Waals surface area contributed by atoms with Gasteiger partial charge in [-0.05, 0) is 17.2 Å². The van der Waals surface area contributed by atoms with E-state index in [1.165, 1.54) is 24.3 Å². The van der Waals surface area contributed by atoms with Crippen LogP contribution in [0.2, 0.25) is 0 Å². The van der Waals surface area contributed by atoms with E-state index in [1.54, 1.807) is 6.08 Å². The monoisotopic (exact) mass is 207 g/mol. The Hall–Kier alpha value is -1.72. The van der Waals surface area contributed by atoms with Crippen molar-refractivity contribution in [3.63, 3.8) is 0 Å². The molecule has 5 heteroatoms. The van der Waals surface area contributed by atoms with Gasteiger partial charge in [-0.1, -0.05) is 12.2 Å². The lowest BCUT2D eigenvalue weighted by Crippen LogP contribution is -2.19. The third kappa shape index (κ3) is 1.62. The Morgan fingerprint density at radius 2 is 2.07 bits per heavy atom. The summed E-state index contributed by atoms with van der Waals surface area (Å²) in [4.78, 5) is 10.0. The van der Waals surface area contributed by atoms with Crippen LogP contribution < -0.4 is 0 Å². The quantitative estimate of drug-likeness (QED) is 0.531. The molecule has 0 fully saturated rings. The average molecular weight is 207 g/mol. The second-order valence-corrected chi connectivity index (χ2v) is 3.36. The number of fused-ring (bicyclic) bond motifs is 1. The summed E-state index contributed by atoms with van der Waals surface area (Å²) in [5.74, 6) is 0. The third-order valence-corrected chi connectivity index (χ3v) is 2.40. The molecule has 1 aliphatic carbocycles. The first-order valence-corrected chi connectivity index (χ1v) is 4.42. The number of rotatable bonds is 1. The molecule has 0 spiro atoms. The van der Waals surface area contributed by atoms with E-state index >= 15 is 0 Å². The predicted octanol–water partition coefficient (Wildman–Crippen LogP) is 1.02. The summed E-state index contributed by atoms with van der Waals surface area (Å²) in [6.07, 6.45) is 1.03. The summed E-state index contributed by atoms with van der Waals surface area (Å²) in [5, 5.41) is 29.4. The maximum Gasteiger partial charge on any atom is 0.270 e. The zero-order valence-electron chi connectivity index (χ0n) is 7.70. The normalized spacial score (nSPS) is 23.6. The molecule has 0 heterocycles. The van der Waals surface area contributed by atoms with E-state index in [-0.39, 0.29) is 5.69 Å². The lowest BCUT2D eigenvalue weighted by molar-refractivity contribution is -0.384. The van der Waals surface area contributed by atoms with Gasteiger partial charge in [0, 0.05) is 12.1 Å². The maximum atomic E-state index is 10.5. The molecular weight excluding hydrogens is 198 g/mol. The number of aliphatic hydroxyl groups is 2. The van der Waals surface area contributed by atoms with E-state index in [1.807, 2.05) is 0 Å². The van der Waals surface area contributed by atoms with Gasteiger partial charge < -0.3 is 10.2 Å². The van der Waals surface area contributed by atoms with Crippen molar-refractivity contribution in [2.24, 2.45) is 0 Å². The number of hydrogen-bond acceptors (Lipinski definition) is 4. The van der Waals surface area contributed by atoms with Gasteiger partial charge in [-0.25, -0.2) is 0 Å². The molecule has 0 saturated heterocycles. The van der Waals surface area contributed by atoms with Crippen molar-refractivity contribution in [3.8, 4) is 0 Å². The SMILES string of the molecule is O=[N+]([O-])c1ccc2c(c1)C=C[C@@H](O)[C@H]2O. The van der Waals surface area contributed by atoms with Crippen LogP contribution >= 0.6 is 0 Å². The molecule has 0 aromatic heterocycles. The Morgan fingerprint density at radius 3 is 2.73 bits per heavy atom. The minimum atomic E-state index is -1.01. The van der Waals surface area contributed by atoms with Crippen molar-refractivity contribution < 1.29 is 15.1 Å². The Morgan fingerprint density at radius 1 is 1.33 bits per heavy atom. The van der Waals surface area contributed by atoms with Gasteiger partial charge in [-0.3, -0.25) is 10.1 Å². The predicted molar refractivity (Wildman–Crippen MR) is 53.1 cm³/mol. The molecule has 2 rings (SSSR count). The highest BCUT2D eigenvalue weighted by atomic mass is 16.6. The van der Waals surface area contributed by atoms with Gasteiger partial charge >= 0.3 is 0 Å². The Bertz CT molecular complexity index is 441. The maximum absolute atomic E-state index is 10.5. The van der Waals surface area contributed by atoms with Gasteiger partial charge in [0.05, 0.1) is 4.92 Å². The van der Waals surface area contributed by atoms with Gasteiger partial charge in [0.25, 0.3) is 5.69 Å². The number of non-ortho nitro benzene ring substituents is 1. The first-order valence-electron chi connectivity index (χ1n) is 4.42. The fourth-order valence-corrected chi connectivity index (χ4v) is 1.58. The molecule has 2 atom stereocenters. The molecule has 1 aliphatic rings. The minimum Gasteiger partial charge on any atom is -0.386 e. The highest BCUT2D eigenvalue weighted by Gasteiger charge is 2.23. The molecule has 0 amide bonds. The minimum absolute atomic E-state index is 0.0259. The number of nitrogens with zero attached hydrogens (tertiary/aromatic N) is 1. The zero-order valence-corrected chi connectivity index (χ0v) is 7.70. The molecular formula is C10H9NO4. The molecule has 5 nitrogen and oxygen atoms in total. The van der Waals surface area contributed by atoms with E-state index in [4.69, 9.17) is 0 Å². The zero-order chi connectivity index (χ0) is 11.0. The van der Waals surface area contributed by atoms with Crippen LogP contribution in [-0.4, -0.2) is 21.2 Å². The standard InChI is InChI=1S/C10H9NO4/c12-9-4-1-6-5-7(11(14)15)2-3-8(6)10(9)13/h1-5,9-10,12-13H/t9-,10+/m1/s1. The molecule has 0 bridgehead atoms. The Kier molecular flexibility index (Phi) is 2.26. The van der Waals surface area contributed by atoms with Crippen molar-refractivity contribution in [1.82, 2.24) is 0 Å². The summed E-state index contributed by atoms with van der Waals surface area (Å²) in [5.41, 5.74) is 1.06. The number of hydrogen-bond donors (Lipinski definition) is 2. The van der Waals surface area contributed by atoms with Crippen LogP contribution in [0.5, 0.6) is 0 Å². The van der Waals surface area contributed by atoms with Crippen molar-refractivity contribution in [1.29, 1.82) is 0 Å². The largest absolute Gasteiger partial charge is 0.386 e. The highest BCUT2D eigenvalue weighted by Crippen LogP contribution is 2.30. The van der Waals surface area contributed by atoms with Crippen molar-refractivity contribution >= 4 is 11.8 Å². The van der Waals surface area contributed by atoms with Crippen LogP contribution in [0, 0.1) is 10.1 Å². The Balaban J connectivity index is 2.50. The first-order chi connectivity index (χ1) is 7.09. The van der Waals surface area contributed by atoms with Gasteiger partial charge in [0.15, 0.2) is 0 Å². The molecule has 1 aromatic rings. The molecule has 2 N–H and O–H groups in total. The number of aliphatic hydroxyl groups excluding tert-OH is 2. The van der Waals surface area contributed by atoms with Crippen LogP contribution in [0.15, 0.2) is 24.3 Å². The van der Waals surface area contributed by atoms with Gasteiger partial charge in [0.1, 0.15) is 12.2 Å². The van der Waals surface area contributed by atoms with Crippen molar-refractivity contribution in [3.05, 3.63) is 45.5 Å². The van der Waals surface area contributed by atoms with Crippen molar-refractivity contribution in [2.75, 3.05) is 0 Å². The second kappa shape index (κ2) is 3.45. The third-order valence-electron chi connectivity index (χ3n) is 2.40. The smallest absolute Gasteiger partial charge is 0.270 e. The first kappa shape index (κ1) is 9.82. The van der Waals surface area contributed by atoms with E-state index in [0.29, 0.717) is 11.1 Å². The molecule has 0 radical (unpaired) electrons. The van der Waals surface area contributed by atoms with E-state index in [9.17, 15) is 20.3 Å². The second-order valence-electron chi connectivity index (χ2n) is 3.36. The summed E-state index contributed by atoms with van der Waals surface area (Å²) >= 11 is 0. The van der Waals surface area contributed by atoms with Gasteiger partial charge in [-0.15, -0.1) is 0 Å². The van der Waals surface area contributed by atoms with Crippen LogP contribution in [0.4, 0.5) is 5.69 Å². The van der Waals surface area contributed by atoms with E-state index in [0.717, 1.165) is 0 Å². The summed E-state index contributed by atoms with van der Waals surface area (Å²) in [6.45, 7) is 0. The van der Waals surface area contributed by atoms with Crippen LogP contribution in [0.3, 0.4) is 0 Å². The summed E-state index contributed by atoms with van der Waals surface area (Å²) < 4.78 is 0. The summed E-state index contributed by atoms with van der Waals surface area (Å²) in [7, 11) is 0. The molecule has 0 aliphatic heterocycles. The van der Waals surface area contributed by atoms with Crippen LogP contribution in [-0.2, 0) is 0 Å². The molecule has 1 aromatic carbocycles. The lowest BCUT2D eigenvalue weighted by Gasteiger charge is -2.21. The van der Waals surface area contributed by atoms with E-state index < -0.39 is 17.1 Å². The average Bonchev–Trinajstić information content (AvgIpc) is 2.23. The van der Waals surface area contributed by atoms with Gasteiger partial charge in [0.2, 0.25) is 0 Å². The summed E-state index contributed by atoms with van der Waals surface area (Å²) in [6, 6.07) is 4.15. The molecule has 78 valence electrons. The number of benzene rings is 1. The fraction of sp³-hybridized carbons (Fsp3) is 0.200.